The maximum atomic E-state index is 12.9. The number of benzene rings is 2. The van der Waals surface area contributed by atoms with E-state index in [-0.39, 0.29) is 11.8 Å². The number of nitrogens with zero attached hydrogens (tertiary/aromatic N) is 3. The van der Waals surface area contributed by atoms with Crippen LogP contribution in [0.5, 0.6) is 0 Å². The quantitative estimate of drug-likeness (QED) is 0.330. The molecule has 0 spiro atoms. The molecule has 0 aliphatic carbocycles. The van der Waals surface area contributed by atoms with Crippen LogP contribution >= 0.6 is 23.2 Å². The van der Waals surface area contributed by atoms with E-state index in [1.165, 1.54) is 12.8 Å². The van der Waals surface area contributed by atoms with Gasteiger partial charge < -0.3 is 10.2 Å². The molecule has 3 aromatic rings. The Bertz CT molecular complexity index is 1290. The summed E-state index contributed by atoms with van der Waals surface area (Å²) in [5, 5.41) is 6.65. The van der Waals surface area contributed by atoms with Gasteiger partial charge >= 0.3 is 6.03 Å². The van der Waals surface area contributed by atoms with Crippen molar-refractivity contribution in [2.45, 2.75) is 44.6 Å². The summed E-state index contributed by atoms with van der Waals surface area (Å²) in [7, 11) is 0. The number of fused-ring (bicyclic) bond motifs is 1. The standard InChI is InChI=1S/C29H33Cl2N5O2/c30-25-8-7-23(18-26(25)31)33-29(38)34-36-15-11-24(12-16-36)35-14-2-3-20(19-35)5-10-28(37)22-6-9-27-21(17-22)4-1-13-32-27/h1,4,6-9,13,17-18,20,24H,2-3,5,10-12,14-16,19H2,(H2,33,34,38). The summed E-state index contributed by atoms with van der Waals surface area (Å²) in [6.07, 6.45) is 7.64. The van der Waals surface area contributed by atoms with Crippen LogP contribution < -0.4 is 10.7 Å². The number of carbonyl (C=O) groups excluding carboxylic acids is 2. The van der Waals surface area contributed by atoms with E-state index in [1.807, 2.05) is 35.3 Å². The Hall–Kier alpha value is -2.71. The Kier molecular flexibility index (Phi) is 8.79. The zero-order chi connectivity index (χ0) is 26.5. The minimum Gasteiger partial charge on any atom is -0.307 e. The van der Waals surface area contributed by atoms with Gasteiger partial charge in [-0.05, 0) is 87.0 Å². The van der Waals surface area contributed by atoms with Gasteiger partial charge in [0.1, 0.15) is 0 Å². The lowest BCUT2D eigenvalue weighted by Crippen LogP contribution is -2.53. The average Bonchev–Trinajstić information content (AvgIpc) is 2.94. The van der Waals surface area contributed by atoms with Gasteiger partial charge in [-0.2, -0.15) is 0 Å². The maximum absolute atomic E-state index is 12.9. The normalized spacial score (nSPS) is 19.4. The molecule has 1 unspecified atom stereocenters. The van der Waals surface area contributed by atoms with Crippen molar-refractivity contribution in [2.24, 2.45) is 5.92 Å². The van der Waals surface area contributed by atoms with Crippen molar-refractivity contribution in [2.75, 3.05) is 31.5 Å². The van der Waals surface area contributed by atoms with Gasteiger partial charge in [-0.25, -0.2) is 9.80 Å². The number of amides is 2. The van der Waals surface area contributed by atoms with Gasteiger partial charge in [0.05, 0.1) is 15.6 Å². The Labute approximate surface area is 233 Å². The van der Waals surface area contributed by atoms with E-state index in [9.17, 15) is 9.59 Å². The van der Waals surface area contributed by atoms with Gasteiger partial charge in [0.2, 0.25) is 0 Å². The zero-order valence-electron chi connectivity index (χ0n) is 21.3. The lowest BCUT2D eigenvalue weighted by Gasteiger charge is -2.42. The highest BCUT2D eigenvalue weighted by molar-refractivity contribution is 6.42. The van der Waals surface area contributed by atoms with Crippen LogP contribution in [-0.2, 0) is 0 Å². The second kappa shape index (κ2) is 12.4. The maximum Gasteiger partial charge on any atom is 0.333 e. The van der Waals surface area contributed by atoms with Gasteiger partial charge in [0, 0.05) is 54.9 Å². The van der Waals surface area contributed by atoms with Crippen LogP contribution in [0, 0.1) is 5.92 Å². The minimum atomic E-state index is -0.285. The molecule has 2 aliphatic heterocycles. The summed E-state index contributed by atoms with van der Waals surface area (Å²) >= 11 is 12.0. The molecule has 2 N–H and O–H groups in total. The van der Waals surface area contributed by atoms with Crippen molar-refractivity contribution in [3.63, 3.8) is 0 Å². The van der Waals surface area contributed by atoms with Crippen LogP contribution in [0.3, 0.4) is 0 Å². The van der Waals surface area contributed by atoms with Crippen LogP contribution in [0.4, 0.5) is 10.5 Å². The number of aromatic nitrogens is 1. The number of pyridine rings is 1. The summed E-state index contributed by atoms with van der Waals surface area (Å²) in [4.78, 5) is 32.3. The molecule has 7 nitrogen and oxygen atoms in total. The molecule has 1 atom stereocenters. The van der Waals surface area contributed by atoms with Gasteiger partial charge in [-0.1, -0.05) is 29.3 Å². The number of hydrogen-bond acceptors (Lipinski definition) is 5. The first-order valence-corrected chi connectivity index (χ1v) is 14.1. The number of carbonyl (C=O) groups is 2. The summed E-state index contributed by atoms with van der Waals surface area (Å²) in [5.41, 5.74) is 5.24. The van der Waals surface area contributed by atoms with Gasteiger partial charge in [-0.3, -0.25) is 15.2 Å². The number of halogens is 2. The summed E-state index contributed by atoms with van der Waals surface area (Å²) in [5.74, 6) is 0.759. The molecule has 3 heterocycles. The molecule has 5 rings (SSSR count). The highest BCUT2D eigenvalue weighted by atomic mass is 35.5. The fourth-order valence-corrected chi connectivity index (χ4v) is 5.91. The fourth-order valence-electron chi connectivity index (χ4n) is 5.61. The average molecular weight is 555 g/mol. The van der Waals surface area contributed by atoms with E-state index >= 15 is 0 Å². The Morgan fingerprint density at radius 3 is 2.63 bits per heavy atom. The molecule has 200 valence electrons. The predicted octanol–water partition coefficient (Wildman–Crippen LogP) is 6.42. The third kappa shape index (κ3) is 6.83. The van der Waals surface area contributed by atoms with Crippen molar-refractivity contribution in [3.8, 4) is 0 Å². The summed E-state index contributed by atoms with van der Waals surface area (Å²) in [6, 6.07) is 14.9. The molecular formula is C29H33Cl2N5O2. The first-order valence-electron chi connectivity index (χ1n) is 13.3. The Balaban J connectivity index is 1.05. The number of hydrazine groups is 1. The highest BCUT2D eigenvalue weighted by Gasteiger charge is 2.29. The molecule has 2 aromatic carbocycles. The van der Waals surface area contributed by atoms with Crippen molar-refractivity contribution in [1.29, 1.82) is 0 Å². The number of likely N-dealkylation sites (tertiary alicyclic amines) is 1. The molecule has 0 radical (unpaired) electrons. The topological polar surface area (TPSA) is 77.6 Å². The number of piperidine rings is 2. The second-order valence-electron chi connectivity index (χ2n) is 10.3. The van der Waals surface area contributed by atoms with Crippen molar-refractivity contribution in [1.82, 2.24) is 20.3 Å². The molecular weight excluding hydrogens is 521 g/mol. The lowest BCUT2D eigenvalue weighted by atomic mass is 9.89. The van der Waals surface area contributed by atoms with E-state index in [0.717, 1.165) is 61.9 Å². The van der Waals surface area contributed by atoms with Gasteiger partial charge in [0.25, 0.3) is 0 Å². The Morgan fingerprint density at radius 2 is 1.82 bits per heavy atom. The smallest absolute Gasteiger partial charge is 0.307 e. The number of urea groups is 1. The fraction of sp³-hybridized carbons (Fsp3) is 0.414. The second-order valence-corrected chi connectivity index (χ2v) is 11.1. The summed E-state index contributed by atoms with van der Waals surface area (Å²) < 4.78 is 0. The SMILES string of the molecule is O=C(Nc1ccc(Cl)c(Cl)c1)NN1CCC(N2CCCC(CCC(=O)c3ccc4ncccc4c3)C2)CC1. The minimum absolute atomic E-state index is 0.214. The highest BCUT2D eigenvalue weighted by Crippen LogP contribution is 2.27. The molecule has 1 aromatic heterocycles. The van der Waals surface area contributed by atoms with Crippen molar-refractivity contribution in [3.05, 3.63) is 70.3 Å². The third-order valence-electron chi connectivity index (χ3n) is 7.67. The Morgan fingerprint density at radius 1 is 0.974 bits per heavy atom. The number of Topliss-reactive ketones (excluding diaryl/α,β-unsaturated/α-hetero) is 1. The predicted molar refractivity (Wildman–Crippen MR) is 153 cm³/mol. The number of anilines is 1. The lowest BCUT2D eigenvalue weighted by molar-refractivity contribution is 0.0567. The monoisotopic (exact) mass is 553 g/mol. The van der Waals surface area contributed by atoms with Crippen LogP contribution in [0.15, 0.2) is 54.7 Å². The van der Waals surface area contributed by atoms with Crippen LogP contribution in [0.1, 0.15) is 48.9 Å². The van der Waals surface area contributed by atoms with Crippen LogP contribution in [0.2, 0.25) is 10.0 Å². The largest absolute Gasteiger partial charge is 0.333 e. The number of ketones is 1. The molecule has 38 heavy (non-hydrogen) atoms. The number of hydrogen-bond donors (Lipinski definition) is 2. The van der Waals surface area contributed by atoms with Gasteiger partial charge in [0.15, 0.2) is 5.78 Å². The van der Waals surface area contributed by atoms with E-state index in [1.54, 1.807) is 24.4 Å². The molecule has 0 saturated carbocycles. The van der Waals surface area contributed by atoms with E-state index in [4.69, 9.17) is 23.2 Å². The molecule has 0 bridgehead atoms. The van der Waals surface area contributed by atoms with Crippen LogP contribution in [-0.4, -0.2) is 58.9 Å². The first kappa shape index (κ1) is 26.9. The molecule has 2 amide bonds. The van der Waals surface area contributed by atoms with E-state index < -0.39 is 0 Å². The molecule has 9 heteroatoms. The van der Waals surface area contributed by atoms with Crippen molar-refractivity contribution >= 4 is 51.6 Å². The number of rotatable bonds is 7. The number of nitrogens with one attached hydrogen (secondary N) is 2. The molecule has 2 aliphatic rings. The van der Waals surface area contributed by atoms with E-state index in [0.29, 0.717) is 34.1 Å². The zero-order valence-corrected chi connectivity index (χ0v) is 22.8. The van der Waals surface area contributed by atoms with Gasteiger partial charge in [-0.15, -0.1) is 0 Å². The molecule has 2 fully saturated rings. The van der Waals surface area contributed by atoms with Crippen LogP contribution in [0.25, 0.3) is 10.9 Å². The first-order chi connectivity index (χ1) is 18.4. The van der Waals surface area contributed by atoms with Crippen molar-refractivity contribution < 1.29 is 9.59 Å². The summed E-state index contributed by atoms with van der Waals surface area (Å²) in [6.45, 7) is 3.76. The molecule has 2 saturated heterocycles. The van der Waals surface area contributed by atoms with E-state index in [2.05, 4.69) is 20.6 Å². The third-order valence-corrected chi connectivity index (χ3v) is 8.41.